The molecular formula is C13H17N3O3S. The highest BCUT2D eigenvalue weighted by Crippen LogP contribution is 2.10. The third-order valence-corrected chi connectivity index (χ3v) is 3.73. The van der Waals surface area contributed by atoms with Crippen LogP contribution in [0.15, 0.2) is 29.2 Å². The zero-order chi connectivity index (χ0) is 15.0. The number of hydrogen-bond donors (Lipinski definition) is 3. The summed E-state index contributed by atoms with van der Waals surface area (Å²) >= 11 is 0. The largest absolute Gasteiger partial charge is 0.355 e. The van der Waals surface area contributed by atoms with Crippen LogP contribution in [0.25, 0.3) is 0 Å². The number of amides is 1. The van der Waals surface area contributed by atoms with Gasteiger partial charge in [-0.2, -0.15) is 0 Å². The van der Waals surface area contributed by atoms with Crippen molar-refractivity contribution >= 4 is 15.9 Å². The molecule has 1 aromatic carbocycles. The molecule has 0 aliphatic carbocycles. The van der Waals surface area contributed by atoms with Gasteiger partial charge in [0.1, 0.15) is 0 Å². The first-order chi connectivity index (χ1) is 9.45. The first-order valence-electron chi connectivity index (χ1n) is 5.99. The minimum Gasteiger partial charge on any atom is -0.355 e. The Kier molecular flexibility index (Phi) is 6.18. The fourth-order valence-corrected chi connectivity index (χ4v) is 2.48. The van der Waals surface area contributed by atoms with E-state index in [1.807, 2.05) is 0 Å². The summed E-state index contributed by atoms with van der Waals surface area (Å²) in [7, 11) is -3.61. The van der Waals surface area contributed by atoms with Crippen LogP contribution in [0.5, 0.6) is 0 Å². The normalized spacial score (nSPS) is 10.5. The van der Waals surface area contributed by atoms with Crippen molar-refractivity contribution in [2.45, 2.75) is 11.8 Å². The van der Waals surface area contributed by atoms with E-state index in [9.17, 15) is 13.2 Å². The van der Waals surface area contributed by atoms with Gasteiger partial charge in [0.15, 0.2) is 0 Å². The Labute approximate surface area is 118 Å². The molecule has 0 aliphatic heterocycles. The molecule has 0 spiro atoms. The van der Waals surface area contributed by atoms with Crippen LogP contribution in [-0.4, -0.2) is 34.0 Å². The number of nitrogens with two attached hydrogens (primary N) is 1. The predicted molar refractivity (Wildman–Crippen MR) is 76.2 cm³/mol. The number of sulfonamides is 1. The molecule has 0 heterocycles. The van der Waals surface area contributed by atoms with Crippen LogP contribution < -0.4 is 15.8 Å². The topological polar surface area (TPSA) is 101 Å². The lowest BCUT2D eigenvalue weighted by atomic mass is 10.2. The van der Waals surface area contributed by atoms with Gasteiger partial charge in [0.25, 0.3) is 0 Å². The summed E-state index contributed by atoms with van der Waals surface area (Å²) in [6.45, 7) is 1.95. The second-order valence-electron chi connectivity index (χ2n) is 3.91. The summed E-state index contributed by atoms with van der Waals surface area (Å²) in [6, 6.07) is 6.28. The second kappa shape index (κ2) is 7.65. The Morgan fingerprint density at radius 3 is 2.75 bits per heavy atom. The van der Waals surface area contributed by atoms with Crippen molar-refractivity contribution in [3.8, 4) is 11.8 Å². The van der Waals surface area contributed by atoms with Crippen LogP contribution in [-0.2, 0) is 14.8 Å². The third-order valence-electron chi connectivity index (χ3n) is 2.27. The van der Waals surface area contributed by atoms with Gasteiger partial charge < -0.3 is 11.1 Å². The third kappa shape index (κ3) is 5.40. The van der Waals surface area contributed by atoms with Gasteiger partial charge in [-0.3, -0.25) is 4.79 Å². The number of carbonyl (C=O) groups excluding carboxylic acids is 1. The number of benzene rings is 1. The quantitative estimate of drug-likeness (QED) is 0.499. The molecular weight excluding hydrogens is 278 g/mol. The average Bonchev–Trinajstić information content (AvgIpc) is 2.41. The van der Waals surface area contributed by atoms with Crippen LogP contribution in [0, 0.1) is 11.8 Å². The van der Waals surface area contributed by atoms with Crippen LogP contribution in [0.3, 0.4) is 0 Å². The molecule has 6 nitrogen and oxygen atoms in total. The van der Waals surface area contributed by atoms with Gasteiger partial charge in [0.05, 0.1) is 11.4 Å². The molecule has 0 bridgehead atoms. The van der Waals surface area contributed by atoms with E-state index in [1.165, 1.54) is 19.1 Å². The van der Waals surface area contributed by atoms with Crippen LogP contribution in [0.1, 0.15) is 12.5 Å². The van der Waals surface area contributed by atoms with E-state index >= 15 is 0 Å². The van der Waals surface area contributed by atoms with Crippen molar-refractivity contribution in [2.75, 3.05) is 19.6 Å². The van der Waals surface area contributed by atoms with Crippen molar-refractivity contribution < 1.29 is 13.2 Å². The summed E-state index contributed by atoms with van der Waals surface area (Å²) in [5.74, 6) is 5.23. The molecule has 0 atom stereocenters. The Morgan fingerprint density at radius 2 is 2.10 bits per heavy atom. The Morgan fingerprint density at radius 1 is 1.35 bits per heavy atom. The van der Waals surface area contributed by atoms with Crippen molar-refractivity contribution in [1.82, 2.24) is 10.0 Å². The van der Waals surface area contributed by atoms with E-state index < -0.39 is 10.0 Å². The maximum absolute atomic E-state index is 12.0. The molecule has 0 aromatic heterocycles. The minimum atomic E-state index is -3.61. The van der Waals surface area contributed by atoms with E-state index in [4.69, 9.17) is 5.73 Å². The maximum Gasteiger partial charge on any atom is 0.240 e. The number of carbonyl (C=O) groups is 1. The molecule has 7 heteroatoms. The summed E-state index contributed by atoms with van der Waals surface area (Å²) in [4.78, 5) is 10.8. The maximum atomic E-state index is 12.0. The molecule has 1 amide bonds. The van der Waals surface area contributed by atoms with Crippen LogP contribution in [0.2, 0.25) is 0 Å². The summed E-state index contributed by atoms with van der Waals surface area (Å²) < 4.78 is 26.4. The van der Waals surface area contributed by atoms with Crippen LogP contribution >= 0.6 is 0 Å². The molecule has 20 heavy (non-hydrogen) atoms. The molecule has 0 fully saturated rings. The van der Waals surface area contributed by atoms with E-state index in [0.29, 0.717) is 5.56 Å². The summed E-state index contributed by atoms with van der Waals surface area (Å²) in [5.41, 5.74) is 5.85. The van der Waals surface area contributed by atoms with E-state index in [1.54, 1.807) is 12.1 Å². The highest BCUT2D eigenvalue weighted by atomic mass is 32.2. The van der Waals surface area contributed by atoms with Gasteiger partial charge in [-0.05, 0) is 18.2 Å². The van der Waals surface area contributed by atoms with Gasteiger partial charge in [-0.25, -0.2) is 13.1 Å². The Balaban J connectivity index is 2.74. The predicted octanol–water partition coefficient (Wildman–Crippen LogP) is -0.589. The van der Waals surface area contributed by atoms with E-state index in [-0.39, 0.29) is 30.4 Å². The van der Waals surface area contributed by atoms with E-state index in [2.05, 4.69) is 21.9 Å². The van der Waals surface area contributed by atoms with Gasteiger partial charge >= 0.3 is 0 Å². The molecule has 0 radical (unpaired) electrons. The van der Waals surface area contributed by atoms with Crippen LogP contribution in [0.4, 0.5) is 0 Å². The molecule has 1 aromatic rings. The van der Waals surface area contributed by atoms with Crippen molar-refractivity contribution in [1.29, 1.82) is 0 Å². The monoisotopic (exact) mass is 295 g/mol. The summed E-state index contributed by atoms with van der Waals surface area (Å²) in [5, 5.41) is 2.51. The molecule has 4 N–H and O–H groups in total. The molecule has 0 saturated heterocycles. The standard InChI is InChI=1S/C13H17N3O3S/c1-11(17)15-8-9-16-20(18,19)13-6-2-4-12(10-13)5-3-7-14/h2,4,6,10,16H,7-9,14H2,1H3,(H,15,17). The zero-order valence-electron chi connectivity index (χ0n) is 11.1. The van der Waals surface area contributed by atoms with Gasteiger partial charge in [-0.15, -0.1) is 0 Å². The average molecular weight is 295 g/mol. The van der Waals surface area contributed by atoms with Crippen molar-refractivity contribution in [3.05, 3.63) is 29.8 Å². The molecule has 0 unspecified atom stereocenters. The lowest BCUT2D eigenvalue weighted by molar-refractivity contribution is -0.118. The highest BCUT2D eigenvalue weighted by Gasteiger charge is 2.13. The SMILES string of the molecule is CC(=O)NCCNS(=O)(=O)c1cccc(C#CCN)c1. The lowest BCUT2D eigenvalue weighted by Crippen LogP contribution is -2.33. The zero-order valence-corrected chi connectivity index (χ0v) is 12.0. The van der Waals surface area contributed by atoms with Gasteiger partial charge in [0, 0.05) is 25.6 Å². The first kappa shape index (κ1) is 16.2. The Bertz CT molecular complexity index is 630. The molecule has 0 saturated carbocycles. The Hall–Kier alpha value is -1.88. The first-order valence-corrected chi connectivity index (χ1v) is 7.47. The number of hydrogen-bond acceptors (Lipinski definition) is 4. The fourth-order valence-electron chi connectivity index (χ4n) is 1.40. The van der Waals surface area contributed by atoms with E-state index in [0.717, 1.165) is 0 Å². The molecule has 0 aliphatic rings. The lowest BCUT2D eigenvalue weighted by Gasteiger charge is -2.07. The number of nitrogens with one attached hydrogen (secondary N) is 2. The van der Waals surface area contributed by atoms with Gasteiger partial charge in [-0.1, -0.05) is 17.9 Å². The minimum absolute atomic E-state index is 0.126. The molecule has 108 valence electrons. The van der Waals surface area contributed by atoms with Gasteiger partial charge in [0.2, 0.25) is 15.9 Å². The van der Waals surface area contributed by atoms with Crippen molar-refractivity contribution in [2.24, 2.45) is 5.73 Å². The summed E-state index contributed by atoms with van der Waals surface area (Å²) in [6.07, 6.45) is 0. The highest BCUT2D eigenvalue weighted by molar-refractivity contribution is 7.89. The smallest absolute Gasteiger partial charge is 0.240 e. The van der Waals surface area contributed by atoms with Crippen molar-refractivity contribution in [3.63, 3.8) is 0 Å². The second-order valence-corrected chi connectivity index (χ2v) is 5.68. The molecule has 1 rings (SSSR count). The number of rotatable bonds is 5. The fraction of sp³-hybridized carbons (Fsp3) is 0.308.